The van der Waals surface area contributed by atoms with E-state index in [2.05, 4.69) is 0 Å². The Morgan fingerprint density at radius 1 is 1.53 bits per heavy atom. The van der Waals surface area contributed by atoms with E-state index in [1.807, 2.05) is 0 Å². The predicted octanol–water partition coefficient (Wildman–Crippen LogP) is -1.40. The van der Waals surface area contributed by atoms with Gasteiger partial charge in [-0.2, -0.15) is 0 Å². The molecule has 0 unspecified atom stereocenters. The van der Waals surface area contributed by atoms with Crippen LogP contribution in [0.15, 0.2) is 0 Å². The van der Waals surface area contributed by atoms with E-state index in [4.69, 9.17) is 10.8 Å². The van der Waals surface area contributed by atoms with Crippen molar-refractivity contribution in [3.05, 3.63) is 0 Å². The van der Waals surface area contributed by atoms with E-state index in [1.165, 1.54) is 4.90 Å². The van der Waals surface area contributed by atoms with Gasteiger partial charge in [0.2, 0.25) is 11.8 Å². The van der Waals surface area contributed by atoms with Gasteiger partial charge in [0.25, 0.3) is 0 Å². The first-order valence-corrected chi connectivity index (χ1v) is 5.89. The molecule has 0 bridgehead atoms. The lowest BCUT2D eigenvalue weighted by Gasteiger charge is -2.53. The molecule has 0 aromatic heterocycles. The molecule has 1 atom stereocenters. The topological polar surface area (TPSA) is 104 Å². The molecule has 1 aliphatic heterocycles. The molecule has 0 radical (unpaired) electrons. The molecule has 1 saturated carbocycles. The number of likely N-dealkylation sites (tertiary alicyclic amines) is 1. The third-order valence-corrected chi connectivity index (χ3v) is 3.98. The zero-order valence-electron chi connectivity index (χ0n) is 9.63. The highest BCUT2D eigenvalue weighted by Crippen LogP contribution is 2.45. The fraction of sp³-hybridized carbons (Fsp3) is 0.818. The number of β-lactam (4-membered cyclic amide) rings is 1. The van der Waals surface area contributed by atoms with Gasteiger partial charge in [-0.15, -0.1) is 0 Å². The number of hydrogen-bond donors (Lipinski definition) is 3. The van der Waals surface area contributed by atoms with Crippen LogP contribution in [0.1, 0.15) is 25.7 Å². The second-order valence-electron chi connectivity index (χ2n) is 5.05. The molecule has 17 heavy (non-hydrogen) atoms. The van der Waals surface area contributed by atoms with Crippen LogP contribution in [0.5, 0.6) is 0 Å². The average molecular weight is 242 g/mol. The summed E-state index contributed by atoms with van der Waals surface area (Å²) in [4.78, 5) is 24.5. The second-order valence-corrected chi connectivity index (χ2v) is 5.05. The lowest BCUT2D eigenvalue weighted by atomic mass is 9.66. The van der Waals surface area contributed by atoms with Crippen molar-refractivity contribution in [2.45, 2.75) is 37.8 Å². The SMILES string of the molecule is NC(=O)[C@H](CO)N1CC2(CCC(O)CC2)C1=O. The number of nitrogens with zero attached hydrogens (tertiary/aromatic N) is 1. The van der Waals surface area contributed by atoms with Crippen molar-refractivity contribution in [1.82, 2.24) is 4.90 Å². The van der Waals surface area contributed by atoms with E-state index >= 15 is 0 Å². The zero-order valence-corrected chi connectivity index (χ0v) is 9.63. The minimum atomic E-state index is -0.903. The minimum Gasteiger partial charge on any atom is -0.394 e. The summed E-state index contributed by atoms with van der Waals surface area (Å²) in [6.07, 6.45) is 2.24. The van der Waals surface area contributed by atoms with Gasteiger partial charge in [0.15, 0.2) is 0 Å². The molecule has 1 aliphatic carbocycles. The van der Waals surface area contributed by atoms with E-state index in [0.717, 1.165) is 0 Å². The highest BCUT2D eigenvalue weighted by Gasteiger charge is 2.55. The molecule has 6 heteroatoms. The van der Waals surface area contributed by atoms with Crippen molar-refractivity contribution in [3.63, 3.8) is 0 Å². The molecular formula is C11H18N2O4. The Hall–Kier alpha value is -1.14. The minimum absolute atomic E-state index is 0.109. The third-order valence-electron chi connectivity index (χ3n) is 3.98. The molecule has 2 fully saturated rings. The van der Waals surface area contributed by atoms with Gasteiger partial charge in [-0.1, -0.05) is 0 Å². The molecule has 0 aromatic carbocycles. The average Bonchev–Trinajstić information content (AvgIpc) is 2.30. The summed E-state index contributed by atoms with van der Waals surface area (Å²) < 4.78 is 0. The lowest BCUT2D eigenvalue weighted by molar-refractivity contribution is -0.174. The number of aliphatic hydroxyl groups excluding tert-OH is 2. The van der Waals surface area contributed by atoms with Crippen molar-refractivity contribution >= 4 is 11.8 Å². The van der Waals surface area contributed by atoms with Crippen LogP contribution in [-0.2, 0) is 9.59 Å². The summed E-state index contributed by atoms with van der Waals surface area (Å²) in [5.41, 5.74) is 4.71. The van der Waals surface area contributed by atoms with E-state index in [-0.39, 0.29) is 12.0 Å². The van der Waals surface area contributed by atoms with Crippen molar-refractivity contribution < 1.29 is 19.8 Å². The molecule has 4 N–H and O–H groups in total. The Kier molecular flexibility index (Phi) is 3.09. The molecule has 2 aliphatic rings. The third kappa shape index (κ3) is 1.91. The van der Waals surface area contributed by atoms with Gasteiger partial charge < -0.3 is 20.8 Å². The standard InChI is InChI=1S/C11H18N2O4/c12-9(16)8(5-14)13-6-11(10(13)17)3-1-7(15)2-4-11/h7-8,14-15H,1-6H2,(H2,12,16)/t7?,8-,11?/m0/s1. The van der Waals surface area contributed by atoms with Crippen molar-refractivity contribution in [2.24, 2.45) is 11.1 Å². The predicted molar refractivity (Wildman–Crippen MR) is 58.7 cm³/mol. The van der Waals surface area contributed by atoms with Gasteiger partial charge >= 0.3 is 0 Å². The number of carbonyl (C=O) groups is 2. The molecule has 2 rings (SSSR count). The van der Waals surface area contributed by atoms with Crippen LogP contribution in [0.3, 0.4) is 0 Å². The van der Waals surface area contributed by atoms with Crippen LogP contribution in [0, 0.1) is 5.41 Å². The fourth-order valence-electron chi connectivity index (χ4n) is 2.80. The summed E-state index contributed by atoms with van der Waals surface area (Å²) in [5, 5.41) is 18.5. The number of primary amides is 1. The van der Waals surface area contributed by atoms with Crippen LogP contribution < -0.4 is 5.73 Å². The van der Waals surface area contributed by atoms with Crippen LogP contribution in [-0.4, -0.2) is 52.2 Å². The number of carbonyl (C=O) groups excluding carboxylic acids is 2. The van der Waals surface area contributed by atoms with E-state index < -0.39 is 24.0 Å². The Morgan fingerprint density at radius 2 is 2.12 bits per heavy atom. The van der Waals surface area contributed by atoms with Gasteiger partial charge in [-0.3, -0.25) is 9.59 Å². The molecular weight excluding hydrogens is 224 g/mol. The Balaban J connectivity index is 2.01. The number of hydrogen-bond acceptors (Lipinski definition) is 4. The molecule has 0 aromatic rings. The van der Waals surface area contributed by atoms with E-state index in [1.54, 1.807) is 0 Å². The zero-order chi connectivity index (χ0) is 12.6. The summed E-state index contributed by atoms with van der Waals surface area (Å²) >= 11 is 0. The summed E-state index contributed by atoms with van der Waals surface area (Å²) in [7, 11) is 0. The quantitative estimate of drug-likeness (QED) is 0.529. The van der Waals surface area contributed by atoms with Gasteiger partial charge in [0.1, 0.15) is 6.04 Å². The lowest BCUT2D eigenvalue weighted by Crippen LogP contribution is -2.68. The number of nitrogens with two attached hydrogens (primary N) is 1. The van der Waals surface area contributed by atoms with E-state index in [9.17, 15) is 14.7 Å². The first-order chi connectivity index (χ1) is 8.00. The van der Waals surface area contributed by atoms with E-state index in [0.29, 0.717) is 32.2 Å². The summed E-state index contributed by atoms with van der Waals surface area (Å²) in [6.45, 7) is 0.0342. The Morgan fingerprint density at radius 3 is 2.53 bits per heavy atom. The van der Waals surface area contributed by atoms with Crippen molar-refractivity contribution in [3.8, 4) is 0 Å². The number of aliphatic hydroxyl groups is 2. The Labute approximate surface area is 99.4 Å². The van der Waals surface area contributed by atoms with Crippen LogP contribution in [0.2, 0.25) is 0 Å². The largest absolute Gasteiger partial charge is 0.394 e. The monoisotopic (exact) mass is 242 g/mol. The van der Waals surface area contributed by atoms with Crippen molar-refractivity contribution in [2.75, 3.05) is 13.2 Å². The maximum atomic E-state index is 12.1. The molecule has 1 saturated heterocycles. The molecule has 1 heterocycles. The summed E-state index contributed by atoms with van der Waals surface area (Å²) in [6, 6.07) is -0.903. The van der Waals surface area contributed by atoms with Crippen LogP contribution in [0.4, 0.5) is 0 Å². The van der Waals surface area contributed by atoms with Crippen LogP contribution >= 0.6 is 0 Å². The van der Waals surface area contributed by atoms with Crippen LogP contribution in [0.25, 0.3) is 0 Å². The maximum absolute atomic E-state index is 12.1. The van der Waals surface area contributed by atoms with Gasteiger partial charge in [-0.25, -0.2) is 0 Å². The number of amides is 2. The van der Waals surface area contributed by atoms with Gasteiger partial charge in [-0.05, 0) is 25.7 Å². The molecule has 96 valence electrons. The smallest absolute Gasteiger partial charge is 0.242 e. The first-order valence-electron chi connectivity index (χ1n) is 5.89. The fourth-order valence-corrected chi connectivity index (χ4v) is 2.80. The second kappa shape index (κ2) is 4.27. The highest BCUT2D eigenvalue weighted by atomic mass is 16.3. The Bertz CT molecular complexity index is 336. The molecule has 2 amide bonds. The summed E-state index contributed by atoms with van der Waals surface area (Å²) in [5.74, 6) is -0.784. The number of rotatable bonds is 3. The maximum Gasteiger partial charge on any atom is 0.242 e. The van der Waals surface area contributed by atoms with Crippen molar-refractivity contribution in [1.29, 1.82) is 0 Å². The first kappa shape index (κ1) is 12.3. The normalized spacial score (nSPS) is 34.6. The molecule has 1 spiro atoms. The highest BCUT2D eigenvalue weighted by molar-refractivity contribution is 5.94. The van der Waals surface area contributed by atoms with Gasteiger partial charge in [0.05, 0.1) is 18.1 Å². The van der Waals surface area contributed by atoms with Gasteiger partial charge in [0, 0.05) is 6.54 Å². The molecule has 6 nitrogen and oxygen atoms in total.